The third-order valence-electron chi connectivity index (χ3n) is 7.78. The summed E-state index contributed by atoms with van der Waals surface area (Å²) in [7, 11) is 3.91. The van der Waals surface area contributed by atoms with Crippen LogP contribution in [0.15, 0.2) is 144 Å². The van der Waals surface area contributed by atoms with E-state index in [0.717, 1.165) is 27.4 Å². The van der Waals surface area contributed by atoms with Gasteiger partial charge in [-0.3, -0.25) is 14.4 Å². The second kappa shape index (κ2) is 16.5. The van der Waals surface area contributed by atoms with Crippen molar-refractivity contribution < 1.29 is 14.4 Å². The van der Waals surface area contributed by atoms with Gasteiger partial charge in [-0.15, -0.1) is 11.8 Å². The normalized spacial score (nSPS) is 11.8. The smallest absolute Gasteiger partial charge is 0.272 e. The number of amides is 3. The highest BCUT2D eigenvalue weighted by molar-refractivity contribution is 8.00. The Labute approximate surface area is 292 Å². The quantitative estimate of drug-likeness (QED) is 0.0914. The molecular weight excluding hydrogens is 629 g/mol. The van der Waals surface area contributed by atoms with Gasteiger partial charge in [0.05, 0.1) is 0 Å². The average molecular weight is 669 g/mol. The first kappa shape index (κ1) is 34.7. The number of nitrogens with one attached hydrogen (secondary N) is 3. The van der Waals surface area contributed by atoms with Crippen molar-refractivity contribution in [1.29, 1.82) is 0 Å². The number of benzene rings is 5. The summed E-state index contributed by atoms with van der Waals surface area (Å²) in [4.78, 5) is 43.3. The Bertz CT molecular complexity index is 1910. The van der Waals surface area contributed by atoms with Crippen LogP contribution < -0.4 is 20.9 Å². The highest BCUT2D eigenvalue weighted by atomic mass is 32.2. The van der Waals surface area contributed by atoms with E-state index in [4.69, 9.17) is 0 Å². The first-order chi connectivity index (χ1) is 23.7. The molecule has 5 aromatic carbocycles. The molecule has 0 saturated carbocycles. The second-order valence-electron chi connectivity index (χ2n) is 12.0. The maximum Gasteiger partial charge on any atom is 0.272 e. The summed E-state index contributed by atoms with van der Waals surface area (Å²) >= 11 is 1.39. The van der Waals surface area contributed by atoms with E-state index in [1.54, 1.807) is 36.4 Å². The zero-order chi connectivity index (χ0) is 34.8. The van der Waals surface area contributed by atoms with Gasteiger partial charge in [0, 0.05) is 41.6 Å². The molecule has 0 bridgehead atoms. The van der Waals surface area contributed by atoms with Crippen LogP contribution in [0.4, 0.5) is 17.1 Å². The van der Waals surface area contributed by atoms with Crippen LogP contribution in [0.1, 0.15) is 52.1 Å². The molecule has 0 aliphatic heterocycles. The van der Waals surface area contributed by atoms with Crippen LogP contribution >= 0.6 is 11.8 Å². The van der Waals surface area contributed by atoms with Gasteiger partial charge < -0.3 is 20.9 Å². The number of thioether (sulfide) groups is 1. The molecule has 0 saturated heterocycles. The van der Waals surface area contributed by atoms with Crippen molar-refractivity contribution in [2.24, 2.45) is 0 Å². The molecule has 0 spiro atoms. The molecule has 0 heterocycles. The van der Waals surface area contributed by atoms with Crippen LogP contribution in [-0.4, -0.2) is 31.8 Å². The molecule has 5 rings (SSSR count). The Morgan fingerprint density at radius 1 is 0.673 bits per heavy atom. The average Bonchev–Trinajstić information content (AvgIpc) is 3.11. The molecule has 1 unspecified atom stereocenters. The molecule has 248 valence electrons. The molecule has 0 aliphatic rings. The number of hydrogen-bond donors (Lipinski definition) is 3. The fraction of sp³-hybridized carbons (Fsp3) is 0.146. The topological polar surface area (TPSA) is 90.5 Å². The van der Waals surface area contributed by atoms with Crippen molar-refractivity contribution in [2.45, 2.75) is 29.9 Å². The molecule has 5 aromatic rings. The minimum Gasteiger partial charge on any atom is -0.378 e. The molecule has 0 radical (unpaired) electrons. The molecule has 0 aliphatic carbocycles. The van der Waals surface area contributed by atoms with E-state index in [-0.39, 0.29) is 11.6 Å². The maximum atomic E-state index is 13.7. The maximum absolute atomic E-state index is 13.7. The molecule has 3 N–H and O–H groups in total. The number of nitrogens with zero attached hydrogens (tertiary/aromatic N) is 1. The zero-order valence-corrected chi connectivity index (χ0v) is 28.8. The number of hydrogen-bond acceptors (Lipinski definition) is 5. The van der Waals surface area contributed by atoms with Crippen molar-refractivity contribution in [1.82, 2.24) is 5.32 Å². The molecule has 49 heavy (non-hydrogen) atoms. The minimum atomic E-state index is -0.553. The van der Waals surface area contributed by atoms with Crippen LogP contribution in [0.25, 0.3) is 6.08 Å². The largest absolute Gasteiger partial charge is 0.378 e. The van der Waals surface area contributed by atoms with Crippen molar-refractivity contribution in [3.05, 3.63) is 161 Å². The van der Waals surface area contributed by atoms with Gasteiger partial charge in [-0.05, 0) is 83.3 Å². The van der Waals surface area contributed by atoms with Crippen LogP contribution in [-0.2, 0) is 9.59 Å². The first-order valence-corrected chi connectivity index (χ1v) is 16.9. The Morgan fingerprint density at radius 2 is 1.33 bits per heavy atom. The van der Waals surface area contributed by atoms with Gasteiger partial charge in [0.1, 0.15) is 10.9 Å². The van der Waals surface area contributed by atoms with E-state index < -0.39 is 17.1 Å². The SMILES string of the molecule is CC(C)c1ccc(NC(=O)C(Sc2cccc(NC(=O)/C(=C\c3ccc(N(C)C)cc3)NC(=O)c3ccccc3)c2)c2ccccc2)cc1. The molecule has 0 aromatic heterocycles. The van der Waals surface area contributed by atoms with E-state index in [0.29, 0.717) is 17.2 Å². The third kappa shape index (κ3) is 9.72. The van der Waals surface area contributed by atoms with Crippen molar-refractivity contribution in [3.8, 4) is 0 Å². The lowest BCUT2D eigenvalue weighted by Gasteiger charge is -2.18. The van der Waals surface area contributed by atoms with Gasteiger partial charge in [-0.25, -0.2) is 0 Å². The Morgan fingerprint density at radius 3 is 1.96 bits per heavy atom. The fourth-order valence-corrected chi connectivity index (χ4v) is 6.10. The highest BCUT2D eigenvalue weighted by Crippen LogP contribution is 2.37. The molecule has 0 fully saturated rings. The molecule has 7 nitrogen and oxygen atoms in total. The fourth-order valence-electron chi connectivity index (χ4n) is 5.02. The predicted molar refractivity (Wildman–Crippen MR) is 202 cm³/mol. The number of anilines is 3. The van der Waals surface area contributed by atoms with Crippen LogP contribution in [0, 0.1) is 0 Å². The van der Waals surface area contributed by atoms with Crippen molar-refractivity contribution in [3.63, 3.8) is 0 Å². The lowest BCUT2D eigenvalue weighted by atomic mass is 10.0. The lowest BCUT2D eigenvalue weighted by molar-refractivity contribution is -0.116. The second-order valence-corrected chi connectivity index (χ2v) is 13.2. The van der Waals surface area contributed by atoms with E-state index >= 15 is 0 Å². The lowest BCUT2D eigenvalue weighted by Crippen LogP contribution is -2.30. The summed E-state index contributed by atoms with van der Waals surface area (Å²) in [5.74, 6) is -0.638. The molecule has 8 heteroatoms. The molecular formula is C41H40N4O3S. The summed E-state index contributed by atoms with van der Waals surface area (Å²) in [6, 6.07) is 41.3. The summed E-state index contributed by atoms with van der Waals surface area (Å²) in [5.41, 5.74) is 5.59. The highest BCUT2D eigenvalue weighted by Gasteiger charge is 2.23. The molecule has 1 atom stereocenters. The van der Waals surface area contributed by atoms with E-state index in [2.05, 4.69) is 29.8 Å². The third-order valence-corrected chi connectivity index (χ3v) is 9.03. The Balaban J connectivity index is 1.37. The monoisotopic (exact) mass is 668 g/mol. The Hall–Kier alpha value is -5.60. The first-order valence-electron chi connectivity index (χ1n) is 16.1. The number of rotatable bonds is 12. The van der Waals surface area contributed by atoms with Gasteiger partial charge in [0.2, 0.25) is 5.91 Å². The van der Waals surface area contributed by atoms with Gasteiger partial charge in [0.25, 0.3) is 11.8 Å². The van der Waals surface area contributed by atoms with Gasteiger partial charge in [-0.2, -0.15) is 0 Å². The summed E-state index contributed by atoms with van der Waals surface area (Å²) < 4.78 is 0. The van der Waals surface area contributed by atoms with Crippen LogP contribution in [0.2, 0.25) is 0 Å². The molecule has 3 amide bonds. The van der Waals surface area contributed by atoms with Crippen molar-refractivity contribution >= 4 is 52.6 Å². The van der Waals surface area contributed by atoms with Gasteiger partial charge in [-0.1, -0.05) is 92.7 Å². The van der Waals surface area contributed by atoms with E-state index in [1.165, 1.54) is 17.3 Å². The van der Waals surface area contributed by atoms with E-state index in [1.807, 2.05) is 122 Å². The number of carbonyl (C=O) groups excluding carboxylic acids is 3. The minimum absolute atomic E-state index is 0.0922. The summed E-state index contributed by atoms with van der Waals surface area (Å²) in [5, 5.41) is 8.26. The summed E-state index contributed by atoms with van der Waals surface area (Å²) in [6.45, 7) is 4.27. The Kier molecular flexibility index (Phi) is 11.7. The standard InChI is InChI=1S/C41H40N4O3S/c1-28(2)30-20-22-33(23-21-30)42-41(48)38(31-12-7-5-8-13-31)49-36-17-11-16-34(27-36)43-40(47)37(44-39(46)32-14-9-6-10-15-32)26-29-18-24-35(25-19-29)45(3)4/h5-28,38H,1-4H3,(H,42,48)(H,43,47)(H,44,46)/b37-26+. The van der Waals surface area contributed by atoms with Gasteiger partial charge >= 0.3 is 0 Å². The summed E-state index contributed by atoms with van der Waals surface area (Å²) in [6.07, 6.45) is 1.65. The van der Waals surface area contributed by atoms with Crippen LogP contribution in [0.3, 0.4) is 0 Å². The van der Waals surface area contributed by atoms with Gasteiger partial charge in [0.15, 0.2) is 0 Å². The predicted octanol–water partition coefficient (Wildman–Crippen LogP) is 8.76. The van der Waals surface area contributed by atoms with E-state index in [9.17, 15) is 14.4 Å². The van der Waals surface area contributed by atoms with Crippen molar-refractivity contribution in [2.75, 3.05) is 29.6 Å². The van der Waals surface area contributed by atoms with Crippen LogP contribution in [0.5, 0.6) is 0 Å². The number of carbonyl (C=O) groups is 3. The zero-order valence-electron chi connectivity index (χ0n) is 28.0.